The standard InChI is InChI=1S/C8H8N2O4/c1-5(4-9)8(13)14-10-6(11)2-3-7(10)12/h2-4H,9H2,1H3. The zero-order chi connectivity index (χ0) is 10.7. The number of rotatable bonds is 2. The maximum atomic E-state index is 11.1. The number of imide groups is 1. The molecule has 2 N–H and O–H groups in total. The third-order valence-electron chi connectivity index (χ3n) is 1.51. The maximum absolute atomic E-state index is 11.1. The summed E-state index contributed by atoms with van der Waals surface area (Å²) in [6.07, 6.45) is 3.05. The normalized spacial score (nSPS) is 16.4. The molecule has 0 aromatic rings. The van der Waals surface area contributed by atoms with Crippen molar-refractivity contribution in [1.29, 1.82) is 0 Å². The molecule has 0 spiro atoms. The molecule has 14 heavy (non-hydrogen) atoms. The molecule has 6 nitrogen and oxygen atoms in total. The summed E-state index contributed by atoms with van der Waals surface area (Å²) in [5.74, 6) is -2.21. The smallest absolute Gasteiger partial charge is 0.361 e. The van der Waals surface area contributed by atoms with Crippen molar-refractivity contribution in [2.45, 2.75) is 6.92 Å². The van der Waals surface area contributed by atoms with Crippen molar-refractivity contribution in [1.82, 2.24) is 5.06 Å². The summed E-state index contributed by atoms with van der Waals surface area (Å²) < 4.78 is 0. The summed E-state index contributed by atoms with van der Waals surface area (Å²) in [4.78, 5) is 37.4. The molecule has 1 aliphatic rings. The van der Waals surface area contributed by atoms with E-state index in [1.807, 2.05) is 0 Å². The summed E-state index contributed by atoms with van der Waals surface area (Å²) in [6, 6.07) is 0. The van der Waals surface area contributed by atoms with Gasteiger partial charge < -0.3 is 10.6 Å². The first-order chi connectivity index (χ1) is 6.56. The average Bonchev–Trinajstić information content (AvgIpc) is 2.48. The molecule has 0 bridgehead atoms. The minimum Gasteiger partial charge on any atom is -0.404 e. The van der Waals surface area contributed by atoms with Gasteiger partial charge in [0, 0.05) is 18.4 Å². The minimum absolute atomic E-state index is 0.109. The molecule has 0 saturated carbocycles. The Hall–Kier alpha value is -2.11. The molecule has 74 valence electrons. The van der Waals surface area contributed by atoms with Gasteiger partial charge in [-0.25, -0.2) is 4.79 Å². The number of hydrogen-bond acceptors (Lipinski definition) is 5. The van der Waals surface area contributed by atoms with Gasteiger partial charge in [-0.3, -0.25) is 9.59 Å². The predicted octanol–water partition coefficient (Wildman–Crippen LogP) is -0.768. The number of hydrogen-bond donors (Lipinski definition) is 1. The van der Waals surface area contributed by atoms with Crippen LogP contribution in [0.15, 0.2) is 23.9 Å². The van der Waals surface area contributed by atoms with Gasteiger partial charge in [-0.1, -0.05) is 5.06 Å². The SMILES string of the molecule is CC(=CN)C(=O)ON1C(=O)C=CC1=O. The van der Waals surface area contributed by atoms with E-state index in [1.165, 1.54) is 6.92 Å². The van der Waals surface area contributed by atoms with Crippen LogP contribution in [0.25, 0.3) is 0 Å². The minimum atomic E-state index is -0.835. The second kappa shape index (κ2) is 3.73. The van der Waals surface area contributed by atoms with Gasteiger partial charge in [0.2, 0.25) is 0 Å². The van der Waals surface area contributed by atoms with Crippen LogP contribution in [0, 0.1) is 0 Å². The van der Waals surface area contributed by atoms with Crippen molar-refractivity contribution < 1.29 is 19.2 Å². The van der Waals surface area contributed by atoms with Gasteiger partial charge in [0.05, 0.1) is 5.57 Å². The zero-order valence-corrected chi connectivity index (χ0v) is 7.39. The summed E-state index contributed by atoms with van der Waals surface area (Å²) in [6.45, 7) is 1.40. The van der Waals surface area contributed by atoms with Crippen molar-refractivity contribution in [3.63, 3.8) is 0 Å². The number of carbonyl (C=O) groups is 3. The van der Waals surface area contributed by atoms with Crippen LogP contribution in [0.5, 0.6) is 0 Å². The third-order valence-corrected chi connectivity index (χ3v) is 1.51. The van der Waals surface area contributed by atoms with Crippen molar-refractivity contribution in [2.24, 2.45) is 5.73 Å². The molecule has 1 rings (SSSR count). The molecule has 0 fully saturated rings. The predicted molar refractivity (Wildman–Crippen MR) is 45.0 cm³/mol. The number of carbonyl (C=O) groups excluding carboxylic acids is 3. The summed E-state index contributed by atoms with van der Waals surface area (Å²) in [5, 5.41) is 0.370. The quantitative estimate of drug-likeness (QED) is 0.462. The largest absolute Gasteiger partial charge is 0.404 e. The van der Waals surface area contributed by atoms with E-state index >= 15 is 0 Å². The highest BCUT2D eigenvalue weighted by Crippen LogP contribution is 2.06. The second-order valence-electron chi connectivity index (χ2n) is 2.53. The van der Waals surface area contributed by atoms with Crippen LogP contribution in [0.2, 0.25) is 0 Å². The number of nitrogens with two attached hydrogens (primary N) is 1. The van der Waals surface area contributed by atoms with Gasteiger partial charge in [-0.05, 0) is 6.92 Å². The van der Waals surface area contributed by atoms with E-state index in [0.717, 1.165) is 18.4 Å². The Balaban J connectivity index is 2.67. The second-order valence-corrected chi connectivity index (χ2v) is 2.53. The first-order valence-corrected chi connectivity index (χ1v) is 3.73. The highest BCUT2D eigenvalue weighted by Gasteiger charge is 2.28. The molecule has 0 saturated heterocycles. The Morgan fingerprint density at radius 3 is 2.36 bits per heavy atom. The van der Waals surface area contributed by atoms with Crippen LogP contribution in [-0.2, 0) is 19.2 Å². The summed E-state index contributed by atoms with van der Waals surface area (Å²) in [7, 11) is 0. The Bertz CT molecular complexity index is 338. The van der Waals surface area contributed by atoms with Gasteiger partial charge in [0.1, 0.15) is 0 Å². The summed E-state index contributed by atoms with van der Waals surface area (Å²) >= 11 is 0. The number of hydroxylamine groups is 2. The molecule has 0 aliphatic carbocycles. The molecular formula is C8H8N2O4. The van der Waals surface area contributed by atoms with E-state index in [0.29, 0.717) is 5.06 Å². The first-order valence-electron chi connectivity index (χ1n) is 3.73. The molecule has 1 aliphatic heterocycles. The van der Waals surface area contributed by atoms with Gasteiger partial charge in [-0.15, -0.1) is 0 Å². The Kier molecular flexibility index (Phi) is 2.66. The van der Waals surface area contributed by atoms with E-state index in [1.54, 1.807) is 0 Å². The zero-order valence-electron chi connectivity index (χ0n) is 7.39. The monoisotopic (exact) mass is 196 g/mol. The highest BCUT2D eigenvalue weighted by molar-refractivity contribution is 6.12. The molecule has 0 aromatic heterocycles. The van der Waals surface area contributed by atoms with Crippen molar-refractivity contribution in [3.8, 4) is 0 Å². The van der Waals surface area contributed by atoms with Crippen molar-refractivity contribution in [3.05, 3.63) is 23.9 Å². The Morgan fingerprint density at radius 1 is 1.43 bits per heavy atom. The average molecular weight is 196 g/mol. The Morgan fingerprint density at radius 2 is 1.93 bits per heavy atom. The van der Waals surface area contributed by atoms with E-state index in [2.05, 4.69) is 4.84 Å². The maximum Gasteiger partial charge on any atom is 0.361 e. The van der Waals surface area contributed by atoms with Crippen LogP contribution in [0.1, 0.15) is 6.92 Å². The summed E-state index contributed by atoms with van der Waals surface area (Å²) in [5.41, 5.74) is 5.16. The molecular weight excluding hydrogens is 188 g/mol. The van der Waals surface area contributed by atoms with E-state index in [-0.39, 0.29) is 5.57 Å². The number of nitrogens with zero attached hydrogens (tertiary/aromatic N) is 1. The van der Waals surface area contributed by atoms with Crippen LogP contribution >= 0.6 is 0 Å². The lowest BCUT2D eigenvalue weighted by atomic mass is 10.3. The molecule has 0 radical (unpaired) electrons. The van der Waals surface area contributed by atoms with Crippen molar-refractivity contribution in [2.75, 3.05) is 0 Å². The van der Waals surface area contributed by atoms with Gasteiger partial charge in [0.15, 0.2) is 0 Å². The highest BCUT2D eigenvalue weighted by atomic mass is 16.7. The molecule has 1 heterocycles. The fourth-order valence-electron chi connectivity index (χ4n) is 0.699. The Labute approximate surface area is 79.6 Å². The van der Waals surface area contributed by atoms with Crippen LogP contribution < -0.4 is 5.73 Å². The van der Waals surface area contributed by atoms with E-state index < -0.39 is 17.8 Å². The fourth-order valence-corrected chi connectivity index (χ4v) is 0.699. The van der Waals surface area contributed by atoms with Crippen LogP contribution in [-0.4, -0.2) is 22.8 Å². The van der Waals surface area contributed by atoms with Gasteiger partial charge in [-0.2, -0.15) is 0 Å². The lowest BCUT2D eigenvalue weighted by molar-refractivity contribution is -0.193. The molecule has 6 heteroatoms. The number of amides is 2. The van der Waals surface area contributed by atoms with Crippen LogP contribution in [0.4, 0.5) is 0 Å². The molecule has 0 aromatic carbocycles. The lowest BCUT2D eigenvalue weighted by Crippen LogP contribution is -2.33. The molecule has 0 unspecified atom stereocenters. The van der Waals surface area contributed by atoms with Gasteiger partial charge in [0.25, 0.3) is 11.8 Å². The fraction of sp³-hybridized carbons (Fsp3) is 0.125. The van der Waals surface area contributed by atoms with Gasteiger partial charge >= 0.3 is 5.97 Å². The van der Waals surface area contributed by atoms with Crippen molar-refractivity contribution >= 4 is 17.8 Å². The third kappa shape index (κ3) is 1.79. The topological polar surface area (TPSA) is 89.7 Å². The van der Waals surface area contributed by atoms with Crippen LogP contribution in [0.3, 0.4) is 0 Å². The first kappa shape index (κ1) is 9.97. The van der Waals surface area contributed by atoms with E-state index in [4.69, 9.17) is 5.73 Å². The molecule has 0 atom stereocenters. The lowest BCUT2D eigenvalue weighted by Gasteiger charge is -2.11. The van der Waals surface area contributed by atoms with E-state index in [9.17, 15) is 14.4 Å². The molecule has 2 amide bonds.